The molecule has 0 aromatic heterocycles. The number of aliphatic hydroxyl groups is 4. The Kier molecular flexibility index (Phi) is 3.48. The van der Waals surface area contributed by atoms with E-state index < -0.39 is 30.7 Å². The van der Waals surface area contributed by atoms with E-state index in [0.29, 0.717) is 6.42 Å². The van der Waals surface area contributed by atoms with Crippen molar-refractivity contribution in [2.24, 2.45) is 0 Å². The third kappa shape index (κ3) is 1.90. The quantitative estimate of drug-likeness (QED) is 0.377. The van der Waals surface area contributed by atoms with E-state index in [0.717, 1.165) is 0 Å². The molecule has 0 radical (unpaired) electrons. The summed E-state index contributed by atoms with van der Waals surface area (Å²) in [6.45, 7) is 1.30. The van der Waals surface area contributed by atoms with E-state index in [2.05, 4.69) is 11.8 Å². The molecule has 1 unspecified atom stereocenters. The zero-order valence-corrected chi connectivity index (χ0v) is 7.84. The fraction of sp³-hybridized carbons (Fsp3) is 0.778. The first-order valence-electron chi connectivity index (χ1n) is 4.42. The van der Waals surface area contributed by atoms with Gasteiger partial charge in [0.2, 0.25) is 0 Å². The fourth-order valence-corrected chi connectivity index (χ4v) is 1.27. The lowest BCUT2D eigenvalue weighted by Gasteiger charge is -2.18. The minimum atomic E-state index is -2.07. The predicted octanol–water partition coefficient (Wildman–Crippen LogP) is -1.80. The Morgan fingerprint density at radius 1 is 1.43 bits per heavy atom. The van der Waals surface area contributed by atoms with Gasteiger partial charge in [-0.25, -0.2) is 0 Å². The van der Waals surface area contributed by atoms with Crippen LogP contribution in [0.4, 0.5) is 0 Å². The van der Waals surface area contributed by atoms with E-state index >= 15 is 0 Å². The zero-order valence-electron chi connectivity index (χ0n) is 7.84. The molecule has 80 valence electrons. The monoisotopic (exact) mass is 202 g/mol. The maximum absolute atomic E-state index is 9.65. The molecule has 1 fully saturated rings. The second-order valence-electron chi connectivity index (χ2n) is 3.13. The summed E-state index contributed by atoms with van der Waals surface area (Å²) < 4.78 is 4.86. The van der Waals surface area contributed by atoms with Gasteiger partial charge in [0.15, 0.2) is 0 Å². The first-order chi connectivity index (χ1) is 6.55. The Bertz CT molecular complexity index is 256. The second kappa shape index (κ2) is 4.26. The summed E-state index contributed by atoms with van der Waals surface area (Å²) in [5.74, 6) is 2.80. The smallest absolute Gasteiger partial charge is 0.261 e. The third-order valence-corrected chi connectivity index (χ3v) is 2.06. The van der Waals surface area contributed by atoms with Crippen molar-refractivity contribution in [3.63, 3.8) is 0 Å². The van der Waals surface area contributed by atoms with Crippen LogP contribution in [0.25, 0.3) is 0 Å². The summed E-state index contributed by atoms with van der Waals surface area (Å²) in [5.41, 5.74) is 0. The number of ether oxygens (including phenoxy) is 1. The van der Waals surface area contributed by atoms with Crippen molar-refractivity contribution in [2.75, 3.05) is 6.61 Å². The molecule has 0 aromatic carbocycles. The van der Waals surface area contributed by atoms with Crippen LogP contribution < -0.4 is 0 Å². The van der Waals surface area contributed by atoms with E-state index in [4.69, 9.17) is 9.84 Å². The van der Waals surface area contributed by atoms with Gasteiger partial charge >= 0.3 is 0 Å². The van der Waals surface area contributed by atoms with Gasteiger partial charge in [-0.3, -0.25) is 0 Å². The van der Waals surface area contributed by atoms with Crippen molar-refractivity contribution in [1.82, 2.24) is 0 Å². The summed E-state index contributed by atoms with van der Waals surface area (Å²) >= 11 is 0. The summed E-state index contributed by atoms with van der Waals surface area (Å²) in [7, 11) is 0. The molecule has 0 spiro atoms. The summed E-state index contributed by atoms with van der Waals surface area (Å²) in [6.07, 6.45) is -3.34. The van der Waals surface area contributed by atoms with Crippen molar-refractivity contribution < 1.29 is 25.2 Å². The van der Waals surface area contributed by atoms with E-state index in [-0.39, 0.29) is 0 Å². The highest BCUT2D eigenvalue weighted by atomic mass is 16.7. The van der Waals surface area contributed by atoms with Crippen LogP contribution in [-0.2, 0) is 4.74 Å². The minimum absolute atomic E-state index is 0.478. The standard InChI is InChI=1S/C9H14O5/c1-2-3-4-9(13)8(12)7(11)6(5-10)14-9/h6-8,10-13H,2,5H2,1H3/t6-,7-,8-,9?/m1/s1. The molecule has 0 saturated carbocycles. The molecular formula is C9H14O5. The molecule has 0 bridgehead atoms. The summed E-state index contributed by atoms with van der Waals surface area (Å²) in [4.78, 5) is 0. The molecule has 1 aliphatic rings. The van der Waals surface area contributed by atoms with Crippen LogP contribution in [0.1, 0.15) is 13.3 Å². The molecular weight excluding hydrogens is 188 g/mol. The normalized spacial score (nSPS) is 41.9. The average molecular weight is 202 g/mol. The van der Waals surface area contributed by atoms with E-state index in [9.17, 15) is 15.3 Å². The van der Waals surface area contributed by atoms with Crippen LogP contribution in [0, 0.1) is 11.8 Å². The maximum atomic E-state index is 9.65. The molecule has 1 heterocycles. The lowest BCUT2D eigenvalue weighted by Crippen LogP contribution is -2.41. The number of rotatable bonds is 1. The Balaban J connectivity index is 2.81. The molecule has 14 heavy (non-hydrogen) atoms. The minimum Gasteiger partial charge on any atom is -0.394 e. The van der Waals surface area contributed by atoms with Crippen molar-refractivity contribution >= 4 is 0 Å². The molecule has 0 amide bonds. The third-order valence-electron chi connectivity index (χ3n) is 2.06. The maximum Gasteiger partial charge on any atom is 0.261 e. The van der Waals surface area contributed by atoms with Crippen molar-refractivity contribution in [3.05, 3.63) is 0 Å². The van der Waals surface area contributed by atoms with Gasteiger partial charge in [0.05, 0.1) is 6.61 Å². The molecule has 0 aliphatic carbocycles. The van der Waals surface area contributed by atoms with E-state index in [1.54, 1.807) is 6.92 Å². The van der Waals surface area contributed by atoms with E-state index in [1.807, 2.05) is 0 Å². The van der Waals surface area contributed by atoms with Crippen LogP contribution in [0.15, 0.2) is 0 Å². The van der Waals surface area contributed by atoms with Crippen LogP contribution in [0.3, 0.4) is 0 Å². The highest BCUT2D eigenvalue weighted by Gasteiger charge is 2.52. The van der Waals surface area contributed by atoms with Crippen molar-refractivity contribution in [2.45, 2.75) is 37.4 Å². The van der Waals surface area contributed by atoms with Gasteiger partial charge in [0.1, 0.15) is 18.3 Å². The van der Waals surface area contributed by atoms with E-state index in [1.165, 1.54) is 0 Å². The molecule has 4 N–H and O–H groups in total. The highest BCUT2D eigenvalue weighted by molar-refractivity contribution is 5.16. The Labute approximate surface area is 81.9 Å². The van der Waals surface area contributed by atoms with Crippen LogP contribution in [-0.4, -0.2) is 51.1 Å². The largest absolute Gasteiger partial charge is 0.394 e. The zero-order chi connectivity index (χ0) is 10.8. The molecule has 0 aromatic rings. The van der Waals surface area contributed by atoms with Gasteiger partial charge in [-0.2, -0.15) is 0 Å². The highest BCUT2D eigenvalue weighted by Crippen LogP contribution is 2.28. The summed E-state index contributed by atoms with van der Waals surface area (Å²) in [6, 6.07) is 0. The number of hydrogen-bond acceptors (Lipinski definition) is 5. The first kappa shape index (κ1) is 11.4. The predicted molar refractivity (Wildman–Crippen MR) is 47.0 cm³/mol. The second-order valence-corrected chi connectivity index (χ2v) is 3.13. The molecule has 1 rings (SSSR count). The molecule has 1 aliphatic heterocycles. The summed E-state index contributed by atoms with van der Waals surface area (Å²) in [5, 5.41) is 37.1. The van der Waals surface area contributed by atoms with Gasteiger partial charge < -0.3 is 25.2 Å². The van der Waals surface area contributed by atoms with Crippen LogP contribution >= 0.6 is 0 Å². The lowest BCUT2D eigenvalue weighted by atomic mass is 10.1. The fourth-order valence-electron chi connectivity index (χ4n) is 1.27. The van der Waals surface area contributed by atoms with Crippen molar-refractivity contribution in [1.29, 1.82) is 0 Å². The van der Waals surface area contributed by atoms with Gasteiger partial charge in [-0.05, 0) is 5.92 Å². The van der Waals surface area contributed by atoms with Gasteiger partial charge in [0, 0.05) is 6.42 Å². The van der Waals surface area contributed by atoms with Gasteiger partial charge in [0.25, 0.3) is 5.79 Å². The first-order valence-corrected chi connectivity index (χ1v) is 4.42. The lowest BCUT2D eigenvalue weighted by molar-refractivity contribution is -0.188. The molecule has 5 heteroatoms. The Morgan fingerprint density at radius 3 is 2.50 bits per heavy atom. The Hall–Kier alpha value is -0.640. The number of aliphatic hydroxyl groups excluding tert-OH is 3. The average Bonchev–Trinajstić information content (AvgIpc) is 2.40. The van der Waals surface area contributed by atoms with Gasteiger partial charge in [-0.1, -0.05) is 12.8 Å². The SMILES string of the molecule is CCC#CC1(O)O[C@H](CO)[C@@H](O)[C@H]1O. The molecule has 5 nitrogen and oxygen atoms in total. The molecule has 4 atom stereocenters. The number of hydrogen-bond donors (Lipinski definition) is 4. The molecule has 1 saturated heterocycles. The van der Waals surface area contributed by atoms with Crippen LogP contribution in [0.5, 0.6) is 0 Å². The Morgan fingerprint density at radius 2 is 2.07 bits per heavy atom. The topological polar surface area (TPSA) is 90.2 Å². The van der Waals surface area contributed by atoms with Crippen molar-refractivity contribution in [3.8, 4) is 11.8 Å². The van der Waals surface area contributed by atoms with Gasteiger partial charge in [-0.15, -0.1) is 0 Å². The van der Waals surface area contributed by atoms with Crippen LogP contribution in [0.2, 0.25) is 0 Å².